The van der Waals surface area contributed by atoms with Gasteiger partial charge < -0.3 is 24.8 Å². The molecule has 0 aliphatic heterocycles. The van der Waals surface area contributed by atoms with Gasteiger partial charge in [0.05, 0.1) is 0 Å². The summed E-state index contributed by atoms with van der Waals surface area (Å²) in [6.07, 6.45) is 16.0. The molecule has 0 radical (unpaired) electrons. The van der Waals surface area contributed by atoms with Gasteiger partial charge in [0.1, 0.15) is 0 Å². The first kappa shape index (κ1) is 41.3. The molecule has 2 unspecified atom stereocenters. The van der Waals surface area contributed by atoms with Crippen molar-refractivity contribution < 1.29 is 49.0 Å². The summed E-state index contributed by atoms with van der Waals surface area (Å²) < 4.78 is 1.92. The molecule has 0 nitrogen and oxygen atoms in total. The average Bonchev–Trinajstić information content (AvgIpc) is 3.72. The van der Waals surface area contributed by atoms with Crippen LogP contribution in [0, 0.1) is 29.7 Å². The molecule has 6 rings (SSSR count). The van der Waals surface area contributed by atoms with Gasteiger partial charge in [-0.25, -0.2) is 12.1 Å². The van der Waals surface area contributed by atoms with E-state index >= 15 is 0 Å². The zero-order valence-corrected chi connectivity index (χ0v) is 34.1. The number of fused-ring (bicyclic) bond motifs is 3. The number of rotatable bonds is 4. The van der Waals surface area contributed by atoms with Crippen molar-refractivity contribution in [3.8, 4) is 11.1 Å². The minimum absolute atomic E-state index is 0. The first-order valence-corrected chi connectivity index (χ1v) is 19.0. The van der Waals surface area contributed by atoms with E-state index < -0.39 is 0 Å². The molecule has 2 fully saturated rings. The third kappa shape index (κ3) is 11.3. The fourth-order valence-electron chi connectivity index (χ4n) is 7.50. The minimum Gasteiger partial charge on any atom is -1.00 e. The largest absolute Gasteiger partial charge is 1.00 e. The average molecular weight is 739 g/mol. The van der Waals surface area contributed by atoms with Gasteiger partial charge in [-0.15, -0.1) is 5.56 Å². The van der Waals surface area contributed by atoms with E-state index in [1.165, 1.54) is 97.6 Å². The molecule has 3 heteroatoms. The molecule has 3 aromatic rings. The second-order valence-electron chi connectivity index (χ2n) is 16.1. The summed E-state index contributed by atoms with van der Waals surface area (Å²) in [5, 5.41) is 0. The van der Waals surface area contributed by atoms with Gasteiger partial charge >= 0.3 is 129 Å². The summed E-state index contributed by atoms with van der Waals surface area (Å²) in [5.41, 5.74) is 8.76. The van der Waals surface area contributed by atoms with Gasteiger partial charge in [-0.2, -0.15) is 47.5 Å². The molecule has 0 bridgehead atoms. The molecular formula is C43H60Cl2Zr-2. The van der Waals surface area contributed by atoms with Crippen LogP contribution in [0.5, 0.6) is 0 Å². The van der Waals surface area contributed by atoms with Crippen LogP contribution >= 0.6 is 0 Å². The van der Waals surface area contributed by atoms with Crippen LogP contribution < -0.4 is 24.8 Å². The summed E-state index contributed by atoms with van der Waals surface area (Å²) >= 11 is 1.74. The number of halogens is 2. The third-order valence-electron chi connectivity index (χ3n) is 10.8. The van der Waals surface area contributed by atoms with E-state index in [0.717, 1.165) is 30.1 Å². The molecule has 0 amide bonds. The smallest absolute Gasteiger partial charge is 0.172 e. The Bertz CT molecular complexity index is 1210. The molecule has 0 spiro atoms. The van der Waals surface area contributed by atoms with Crippen LogP contribution in [-0.2, 0) is 41.5 Å². The molecule has 46 heavy (non-hydrogen) atoms. The molecule has 252 valence electrons. The van der Waals surface area contributed by atoms with Crippen molar-refractivity contribution in [2.24, 2.45) is 23.7 Å². The van der Waals surface area contributed by atoms with Crippen molar-refractivity contribution in [3.63, 3.8) is 0 Å². The van der Waals surface area contributed by atoms with E-state index in [-0.39, 0.29) is 35.6 Å². The van der Waals surface area contributed by atoms with Crippen LogP contribution in [0.2, 0.25) is 0 Å². The standard InChI is InChI=1S/C21H25.C17H30.C5H5.2ClH.Zr/c1-20(2,3)16-9-7-14-11-15-8-10-17(21(4,5)6)13-19(15)18(14)12-16;1-14(16-9-5-3-6-10-16)13-15(2)17-11-7-4-8-12-17;1-2-4-5-3-1;;;/h7,9-10,12-13H,11H2,1-6H3;14-17H,3-12H2,1-2H3;1-5H;2*1H;/q-1;;-1;;;+2/p-2. The summed E-state index contributed by atoms with van der Waals surface area (Å²) in [5.74, 6) is 3.89. The number of hydrogen-bond acceptors (Lipinski definition) is 0. The molecule has 2 saturated carbocycles. The Hall–Kier alpha value is -0.877. The maximum atomic E-state index is 3.53. The quantitative estimate of drug-likeness (QED) is 0.219. The van der Waals surface area contributed by atoms with E-state index in [1.807, 2.05) is 33.5 Å². The van der Waals surface area contributed by atoms with Crippen LogP contribution in [0.1, 0.15) is 142 Å². The van der Waals surface area contributed by atoms with Crippen molar-refractivity contribution in [2.45, 2.75) is 137 Å². The Morgan fingerprint density at radius 1 is 0.717 bits per heavy atom. The molecule has 3 aliphatic carbocycles. The van der Waals surface area contributed by atoms with Gasteiger partial charge in [0, 0.05) is 0 Å². The molecule has 0 aromatic heterocycles. The van der Waals surface area contributed by atoms with Crippen LogP contribution in [0.25, 0.3) is 11.1 Å². The van der Waals surface area contributed by atoms with Crippen molar-refractivity contribution in [1.29, 1.82) is 0 Å². The summed E-state index contributed by atoms with van der Waals surface area (Å²) in [4.78, 5) is 0. The van der Waals surface area contributed by atoms with Crippen molar-refractivity contribution in [3.05, 3.63) is 89.0 Å². The Morgan fingerprint density at radius 2 is 1.20 bits per heavy atom. The van der Waals surface area contributed by atoms with Crippen molar-refractivity contribution in [1.82, 2.24) is 0 Å². The van der Waals surface area contributed by atoms with Gasteiger partial charge in [0.15, 0.2) is 0 Å². The summed E-state index contributed by atoms with van der Waals surface area (Å²) in [6, 6.07) is 25.1. The fourth-order valence-corrected chi connectivity index (χ4v) is 8.66. The fraction of sp³-hybridized carbons (Fsp3) is 0.581. The maximum absolute atomic E-state index is 3.53. The zero-order valence-electron chi connectivity index (χ0n) is 30.1. The van der Waals surface area contributed by atoms with Gasteiger partial charge in [-0.3, -0.25) is 0 Å². The topological polar surface area (TPSA) is 0 Å². The van der Waals surface area contributed by atoms with E-state index in [0.29, 0.717) is 0 Å². The molecule has 0 heterocycles. The van der Waals surface area contributed by atoms with Crippen LogP contribution in [0.15, 0.2) is 60.7 Å². The Labute approximate surface area is 310 Å². The Kier molecular flexibility index (Phi) is 16.8. The van der Waals surface area contributed by atoms with Crippen molar-refractivity contribution >= 4 is 3.21 Å². The summed E-state index contributed by atoms with van der Waals surface area (Å²) in [6.45, 7) is 18.7. The predicted molar refractivity (Wildman–Crippen MR) is 189 cm³/mol. The normalized spacial score (nSPS) is 17.8. The zero-order chi connectivity index (χ0) is 31.9. The van der Waals surface area contributed by atoms with Crippen LogP contribution in [0.3, 0.4) is 0 Å². The second kappa shape index (κ2) is 18.8. The first-order chi connectivity index (χ1) is 20.9. The SMILES string of the molecule is CC(C)(C)c1c[c-]c2c(c1)-c1cc(C(C)(C)C)ccc1C2.CC([C](=[Zr+2])C(C)C1CCCCC1)C1CCCCC1.[Cl-].[Cl-].c1cc[cH-]c1. The van der Waals surface area contributed by atoms with E-state index in [1.54, 1.807) is 24.2 Å². The third-order valence-corrected chi connectivity index (χ3v) is 13.0. The van der Waals surface area contributed by atoms with Crippen LogP contribution in [-0.4, -0.2) is 3.21 Å². The monoisotopic (exact) mass is 736 g/mol. The molecule has 3 aliphatic rings. The predicted octanol–water partition coefficient (Wildman–Crippen LogP) is 6.20. The Balaban J connectivity index is 0.000000270. The minimum atomic E-state index is 0. The molecule has 0 N–H and O–H groups in total. The van der Waals surface area contributed by atoms with Gasteiger partial charge in [0.25, 0.3) is 0 Å². The van der Waals surface area contributed by atoms with Gasteiger partial charge in [0.2, 0.25) is 0 Å². The number of hydrogen-bond donors (Lipinski definition) is 0. The molecular weight excluding hydrogens is 679 g/mol. The Morgan fingerprint density at radius 3 is 1.63 bits per heavy atom. The molecule has 0 saturated heterocycles. The first-order valence-electron chi connectivity index (χ1n) is 17.8. The van der Waals surface area contributed by atoms with E-state index in [9.17, 15) is 0 Å². The maximum Gasteiger partial charge on any atom is -0.172 e. The van der Waals surface area contributed by atoms with Gasteiger partial charge in [-0.05, 0) is 17.4 Å². The van der Waals surface area contributed by atoms with Crippen molar-refractivity contribution in [2.75, 3.05) is 0 Å². The van der Waals surface area contributed by atoms with E-state index in [4.69, 9.17) is 0 Å². The molecule has 3 aromatic carbocycles. The second-order valence-corrected chi connectivity index (χ2v) is 17.5. The summed E-state index contributed by atoms with van der Waals surface area (Å²) in [7, 11) is 0. The van der Waals surface area contributed by atoms with Gasteiger partial charge in [-0.1, -0.05) is 76.3 Å². The van der Waals surface area contributed by atoms with E-state index in [2.05, 4.69) is 91.8 Å². The number of benzene rings is 2. The molecule has 2 atom stereocenters. The van der Waals surface area contributed by atoms with Crippen LogP contribution in [0.4, 0.5) is 0 Å².